The molecule has 2 rings (SSSR count). The lowest BCUT2D eigenvalue weighted by Crippen LogP contribution is -2.53. The summed E-state index contributed by atoms with van der Waals surface area (Å²) in [5.41, 5.74) is -0.932. The molecule has 1 aromatic rings. The van der Waals surface area contributed by atoms with Gasteiger partial charge in [0.2, 0.25) is 0 Å². The SMILES string of the molecule is C[C@@H]1OC(C)(C)N(C(=O)OC(C)(C)C)[C@@H]1CNC(=O)Nc1ccc(OCC#N)cc1. The Bertz CT molecular complexity index is 795. The van der Waals surface area contributed by atoms with E-state index in [0.717, 1.165) is 0 Å². The molecule has 0 bridgehead atoms. The molecule has 0 saturated carbocycles. The molecule has 1 aliphatic rings. The second-order valence-electron chi connectivity index (χ2n) is 8.49. The Morgan fingerprint density at radius 2 is 1.90 bits per heavy atom. The molecule has 0 spiro atoms. The molecule has 1 fully saturated rings. The van der Waals surface area contributed by atoms with Crippen molar-refractivity contribution in [1.29, 1.82) is 5.26 Å². The zero-order chi connectivity index (χ0) is 22.5. The second kappa shape index (κ2) is 9.22. The van der Waals surface area contributed by atoms with E-state index in [-0.39, 0.29) is 25.3 Å². The normalized spacial score (nSPS) is 20.2. The summed E-state index contributed by atoms with van der Waals surface area (Å²) in [6.07, 6.45) is -0.776. The minimum absolute atomic E-state index is 0.0423. The lowest BCUT2D eigenvalue weighted by atomic mass is 10.1. The van der Waals surface area contributed by atoms with Crippen molar-refractivity contribution >= 4 is 17.8 Å². The van der Waals surface area contributed by atoms with E-state index in [4.69, 9.17) is 19.5 Å². The quantitative estimate of drug-likeness (QED) is 0.757. The third-order valence-corrected chi connectivity index (χ3v) is 4.41. The number of nitrogens with one attached hydrogen (secondary N) is 2. The van der Waals surface area contributed by atoms with Gasteiger partial charge >= 0.3 is 12.1 Å². The standard InChI is InChI=1S/C21H30N4O5/c1-14-17(25(21(5,6)29-14)19(27)30-20(2,3)4)13-23-18(26)24-15-7-9-16(10-8-15)28-12-11-22/h7-10,14,17H,12-13H2,1-6H3,(H2,23,24,26)/t14-,17+/m0/s1. The van der Waals surface area contributed by atoms with Crippen molar-refractivity contribution < 1.29 is 23.8 Å². The van der Waals surface area contributed by atoms with Gasteiger partial charge in [0.15, 0.2) is 6.61 Å². The molecule has 2 atom stereocenters. The largest absolute Gasteiger partial charge is 0.479 e. The molecular formula is C21H30N4O5. The van der Waals surface area contributed by atoms with Gasteiger partial charge in [-0.1, -0.05) is 0 Å². The number of hydrogen-bond acceptors (Lipinski definition) is 6. The number of carbonyl (C=O) groups excluding carboxylic acids is 2. The molecule has 30 heavy (non-hydrogen) atoms. The number of carbonyl (C=O) groups is 2. The number of benzene rings is 1. The van der Waals surface area contributed by atoms with E-state index in [1.54, 1.807) is 58.9 Å². The van der Waals surface area contributed by atoms with Crippen LogP contribution in [0.25, 0.3) is 0 Å². The van der Waals surface area contributed by atoms with Crippen LogP contribution in [0.3, 0.4) is 0 Å². The molecule has 1 saturated heterocycles. The second-order valence-corrected chi connectivity index (χ2v) is 8.49. The summed E-state index contributed by atoms with van der Waals surface area (Å²) in [4.78, 5) is 26.6. The number of amides is 3. The third-order valence-electron chi connectivity index (χ3n) is 4.41. The van der Waals surface area contributed by atoms with Crippen LogP contribution in [0, 0.1) is 11.3 Å². The van der Waals surface area contributed by atoms with Gasteiger partial charge in [-0.3, -0.25) is 4.90 Å². The average molecular weight is 418 g/mol. The van der Waals surface area contributed by atoms with E-state index in [0.29, 0.717) is 11.4 Å². The number of hydrogen-bond donors (Lipinski definition) is 2. The predicted octanol–water partition coefficient (Wildman–Crippen LogP) is 3.47. The average Bonchev–Trinajstić information content (AvgIpc) is 2.85. The van der Waals surface area contributed by atoms with Gasteiger partial charge in [0.05, 0.1) is 12.1 Å². The summed E-state index contributed by atoms with van der Waals surface area (Å²) in [7, 11) is 0. The number of urea groups is 1. The fraction of sp³-hybridized carbons (Fsp3) is 0.571. The highest BCUT2D eigenvalue weighted by atomic mass is 16.6. The van der Waals surface area contributed by atoms with Crippen molar-refractivity contribution in [2.45, 2.75) is 65.0 Å². The van der Waals surface area contributed by atoms with Gasteiger partial charge in [-0.15, -0.1) is 0 Å². The lowest BCUT2D eigenvalue weighted by molar-refractivity contribution is -0.0756. The Kier molecular flexibility index (Phi) is 7.16. The maximum atomic E-state index is 12.7. The molecule has 2 N–H and O–H groups in total. The molecule has 0 aromatic heterocycles. The highest BCUT2D eigenvalue weighted by Gasteiger charge is 2.49. The first kappa shape index (κ1) is 23.3. The number of nitrogens with zero attached hydrogens (tertiary/aromatic N) is 2. The van der Waals surface area contributed by atoms with Crippen LogP contribution in [0.1, 0.15) is 41.5 Å². The summed E-state index contributed by atoms with van der Waals surface area (Å²) >= 11 is 0. The van der Waals surface area contributed by atoms with Crippen LogP contribution in [-0.4, -0.2) is 53.6 Å². The summed E-state index contributed by atoms with van der Waals surface area (Å²) in [6.45, 7) is 11.0. The third kappa shape index (κ3) is 6.26. The molecule has 0 unspecified atom stereocenters. The van der Waals surface area contributed by atoms with Crippen LogP contribution < -0.4 is 15.4 Å². The summed E-state index contributed by atoms with van der Waals surface area (Å²) < 4.78 is 16.6. The molecule has 0 radical (unpaired) electrons. The molecule has 1 heterocycles. The molecule has 164 valence electrons. The topological polar surface area (TPSA) is 113 Å². The molecular weight excluding hydrogens is 388 g/mol. The van der Waals surface area contributed by atoms with Crippen LogP contribution in [-0.2, 0) is 9.47 Å². The van der Waals surface area contributed by atoms with Crippen molar-refractivity contribution in [3.05, 3.63) is 24.3 Å². The van der Waals surface area contributed by atoms with Crippen molar-refractivity contribution in [1.82, 2.24) is 10.2 Å². The predicted molar refractivity (Wildman–Crippen MR) is 111 cm³/mol. The van der Waals surface area contributed by atoms with Gasteiger partial charge < -0.3 is 24.8 Å². The van der Waals surface area contributed by atoms with E-state index < -0.39 is 23.5 Å². The van der Waals surface area contributed by atoms with Crippen LogP contribution in [0.5, 0.6) is 5.75 Å². The van der Waals surface area contributed by atoms with E-state index in [2.05, 4.69) is 10.6 Å². The van der Waals surface area contributed by atoms with Gasteiger partial charge in [-0.05, 0) is 65.8 Å². The van der Waals surface area contributed by atoms with E-state index in [1.807, 2.05) is 13.0 Å². The molecule has 1 aromatic carbocycles. The van der Waals surface area contributed by atoms with E-state index in [1.165, 1.54) is 4.90 Å². The zero-order valence-corrected chi connectivity index (χ0v) is 18.3. The van der Waals surface area contributed by atoms with E-state index in [9.17, 15) is 9.59 Å². The Hall–Kier alpha value is -2.99. The van der Waals surface area contributed by atoms with Gasteiger partial charge in [0, 0.05) is 12.2 Å². The van der Waals surface area contributed by atoms with Gasteiger partial charge in [-0.2, -0.15) is 5.26 Å². The number of anilines is 1. The Morgan fingerprint density at radius 1 is 1.27 bits per heavy atom. The minimum Gasteiger partial charge on any atom is -0.479 e. The van der Waals surface area contributed by atoms with Crippen molar-refractivity contribution in [2.75, 3.05) is 18.5 Å². The maximum absolute atomic E-state index is 12.7. The van der Waals surface area contributed by atoms with Crippen LogP contribution >= 0.6 is 0 Å². The monoisotopic (exact) mass is 418 g/mol. The Morgan fingerprint density at radius 3 is 2.47 bits per heavy atom. The number of nitriles is 1. The fourth-order valence-corrected chi connectivity index (χ4v) is 3.25. The van der Waals surface area contributed by atoms with Crippen LogP contribution in [0.4, 0.5) is 15.3 Å². The first-order valence-corrected chi connectivity index (χ1v) is 9.78. The maximum Gasteiger partial charge on any atom is 0.412 e. The highest BCUT2D eigenvalue weighted by molar-refractivity contribution is 5.89. The first-order valence-electron chi connectivity index (χ1n) is 9.78. The minimum atomic E-state index is -0.857. The van der Waals surface area contributed by atoms with Gasteiger partial charge in [-0.25, -0.2) is 9.59 Å². The molecule has 3 amide bonds. The smallest absolute Gasteiger partial charge is 0.412 e. The van der Waals surface area contributed by atoms with Crippen molar-refractivity contribution in [3.63, 3.8) is 0 Å². The molecule has 9 nitrogen and oxygen atoms in total. The highest BCUT2D eigenvalue weighted by Crippen LogP contribution is 2.33. The van der Waals surface area contributed by atoms with Gasteiger partial charge in [0.25, 0.3) is 0 Å². The van der Waals surface area contributed by atoms with Crippen LogP contribution in [0.2, 0.25) is 0 Å². The molecule has 1 aliphatic heterocycles. The van der Waals surface area contributed by atoms with Crippen molar-refractivity contribution in [3.8, 4) is 11.8 Å². The fourth-order valence-electron chi connectivity index (χ4n) is 3.25. The van der Waals surface area contributed by atoms with Crippen LogP contribution in [0.15, 0.2) is 24.3 Å². The van der Waals surface area contributed by atoms with E-state index >= 15 is 0 Å². The lowest BCUT2D eigenvalue weighted by Gasteiger charge is -2.35. The summed E-state index contributed by atoms with van der Waals surface area (Å²) in [5, 5.41) is 14.0. The molecule has 9 heteroatoms. The zero-order valence-electron chi connectivity index (χ0n) is 18.3. The number of ether oxygens (including phenoxy) is 3. The summed E-state index contributed by atoms with van der Waals surface area (Å²) in [6, 6.07) is 7.75. The number of rotatable bonds is 5. The summed E-state index contributed by atoms with van der Waals surface area (Å²) in [5.74, 6) is 0.537. The van der Waals surface area contributed by atoms with Crippen molar-refractivity contribution in [2.24, 2.45) is 0 Å². The molecule has 0 aliphatic carbocycles. The van der Waals surface area contributed by atoms with Gasteiger partial charge in [0.1, 0.15) is 23.1 Å². The Balaban J connectivity index is 1.97. The first-order chi connectivity index (χ1) is 13.9. The Labute approximate surface area is 177 Å².